The first-order chi connectivity index (χ1) is 15.8. The predicted molar refractivity (Wildman–Crippen MR) is 125 cm³/mol. The zero-order valence-corrected chi connectivity index (χ0v) is 18.4. The number of carbonyl (C=O) groups excluding carboxylic acids is 3. The van der Waals surface area contributed by atoms with E-state index in [9.17, 15) is 14.4 Å². The summed E-state index contributed by atoms with van der Waals surface area (Å²) < 4.78 is 5.36. The van der Waals surface area contributed by atoms with Gasteiger partial charge in [-0.25, -0.2) is 4.79 Å². The van der Waals surface area contributed by atoms with Gasteiger partial charge in [-0.05, 0) is 54.4 Å². The number of benzene rings is 3. The van der Waals surface area contributed by atoms with Crippen LogP contribution < -0.4 is 15.8 Å². The molecule has 166 valence electrons. The van der Waals surface area contributed by atoms with Crippen LogP contribution >= 0.6 is 11.6 Å². The van der Waals surface area contributed by atoms with Crippen molar-refractivity contribution in [2.75, 3.05) is 11.1 Å². The van der Waals surface area contributed by atoms with Crippen LogP contribution in [0, 0.1) is 6.92 Å². The zero-order chi connectivity index (χ0) is 23.5. The molecular weight excluding hydrogens is 442 g/mol. The lowest BCUT2D eigenvalue weighted by Crippen LogP contribution is -2.31. The van der Waals surface area contributed by atoms with Gasteiger partial charge in [-0.2, -0.15) is 0 Å². The van der Waals surface area contributed by atoms with Crippen molar-refractivity contribution in [3.63, 3.8) is 0 Å². The van der Waals surface area contributed by atoms with E-state index >= 15 is 0 Å². The van der Waals surface area contributed by atoms with Crippen LogP contribution in [0.25, 0.3) is 0 Å². The lowest BCUT2D eigenvalue weighted by Gasteiger charge is -2.15. The average molecular weight is 462 g/mol. The number of nitrogens with one attached hydrogen (secondary N) is 1. The number of nitrogens with two attached hydrogens (primary N) is 1. The Morgan fingerprint density at radius 1 is 1.00 bits per heavy atom. The molecule has 0 spiro atoms. The number of hydrogen-bond acceptors (Lipinski definition) is 6. The monoisotopic (exact) mass is 461 g/mol. The minimum absolute atomic E-state index is 0.0136. The van der Waals surface area contributed by atoms with Crippen molar-refractivity contribution in [1.82, 2.24) is 4.90 Å². The van der Waals surface area contributed by atoms with Gasteiger partial charge < -0.3 is 15.8 Å². The van der Waals surface area contributed by atoms with Crippen molar-refractivity contribution in [1.29, 1.82) is 0 Å². The molecule has 3 aromatic carbocycles. The molecule has 2 amide bonds. The maximum absolute atomic E-state index is 12.8. The first-order valence-electron chi connectivity index (χ1n) is 10.1. The van der Waals surface area contributed by atoms with Crippen molar-refractivity contribution in [2.24, 2.45) is 0 Å². The second-order valence-corrected chi connectivity index (χ2v) is 7.88. The van der Waals surface area contributed by atoms with Gasteiger partial charge in [0.05, 0.1) is 17.8 Å². The second kappa shape index (κ2) is 9.18. The van der Waals surface area contributed by atoms with Crippen LogP contribution in [-0.4, -0.2) is 22.7 Å². The number of anilines is 2. The van der Waals surface area contributed by atoms with Gasteiger partial charge in [0, 0.05) is 5.69 Å². The maximum atomic E-state index is 12.8. The molecule has 1 heterocycles. The van der Waals surface area contributed by atoms with Crippen molar-refractivity contribution >= 4 is 40.8 Å². The third-order valence-electron chi connectivity index (χ3n) is 5.05. The standard InChI is InChI=1S/C25H20ClN3O4/c1-15-7-12-20(19(27)13-15)33-25(32)17-8-10-18(11-9-17)28-22-21(26)23(30)29(24(22)31)14-16-5-3-2-4-6-16/h2-13,28H,14,27H2,1H3. The van der Waals surface area contributed by atoms with Crippen LogP contribution in [-0.2, 0) is 16.1 Å². The Morgan fingerprint density at radius 2 is 1.70 bits per heavy atom. The van der Waals surface area contributed by atoms with Gasteiger partial charge in [0.1, 0.15) is 10.7 Å². The molecule has 4 rings (SSSR count). The lowest BCUT2D eigenvalue weighted by molar-refractivity contribution is -0.138. The van der Waals surface area contributed by atoms with Gasteiger partial charge in [-0.1, -0.05) is 48.0 Å². The number of imide groups is 1. The third kappa shape index (κ3) is 4.73. The molecule has 0 unspecified atom stereocenters. The Bertz CT molecular complexity index is 1270. The van der Waals surface area contributed by atoms with Gasteiger partial charge in [0.15, 0.2) is 5.75 Å². The highest BCUT2D eigenvalue weighted by molar-refractivity contribution is 6.48. The van der Waals surface area contributed by atoms with E-state index in [0.717, 1.165) is 16.0 Å². The van der Waals surface area contributed by atoms with Gasteiger partial charge >= 0.3 is 5.97 Å². The van der Waals surface area contributed by atoms with E-state index < -0.39 is 17.8 Å². The van der Waals surface area contributed by atoms with Gasteiger partial charge in [0.25, 0.3) is 11.8 Å². The second-order valence-electron chi connectivity index (χ2n) is 7.50. The van der Waals surface area contributed by atoms with E-state index in [1.807, 2.05) is 37.3 Å². The molecule has 0 aliphatic carbocycles. The lowest BCUT2D eigenvalue weighted by atomic mass is 10.2. The molecule has 0 aromatic heterocycles. The van der Waals surface area contributed by atoms with Gasteiger partial charge in [-0.15, -0.1) is 0 Å². The molecule has 0 atom stereocenters. The molecule has 0 bridgehead atoms. The first kappa shape index (κ1) is 22.1. The average Bonchev–Trinajstić information content (AvgIpc) is 3.00. The number of amides is 2. The molecule has 1 aliphatic rings. The van der Waals surface area contributed by atoms with Gasteiger partial charge in [-0.3, -0.25) is 14.5 Å². The Balaban J connectivity index is 1.44. The fourth-order valence-corrected chi connectivity index (χ4v) is 3.55. The molecule has 3 aromatic rings. The SMILES string of the molecule is Cc1ccc(OC(=O)c2ccc(NC3=C(Cl)C(=O)N(Cc4ccccc4)C3=O)cc2)c(N)c1. The van der Waals surface area contributed by atoms with E-state index in [1.165, 1.54) is 12.1 Å². The minimum atomic E-state index is -0.574. The molecule has 33 heavy (non-hydrogen) atoms. The van der Waals surface area contributed by atoms with Crippen LogP contribution in [0.3, 0.4) is 0 Å². The van der Waals surface area contributed by atoms with Crippen molar-refractivity contribution in [3.05, 3.63) is 100 Å². The molecule has 1 aliphatic heterocycles. The summed E-state index contributed by atoms with van der Waals surface area (Å²) in [5.74, 6) is -1.38. The van der Waals surface area contributed by atoms with Crippen LogP contribution in [0.15, 0.2) is 83.5 Å². The number of esters is 1. The molecular formula is C25H20ClN3O4. The summed E-state index contributed by atoms with van der Waals surface area (Å²) in [5.41, 5.74) is 8.79. The van der Waals surface area contributed by atoms with E-state index in [2.05, 4.69) is 5.32 Å². The number of nitrogen functional groups attached to an aromatic ring is 1. The van der Waals surface area contributed by atoms with Crippen LogP contribution in [0.5, 0.6) is 5.75 Å². The van der Waals surface area contributed by atoms with Crippen LogP contribution in [0.1, 0.15) is 21.5 Å². The van der Waals surface area contributed by atoms with Crippen molar-refractivity contribution in [2.45, 2.75) is 13.5 Å². The smallest absolute Gasteiger partial charge is 0.343 e. The Kier molecular flexibility index (Phi) is 6.15. The third-order valence-corrected chi connectivity index (χ3v) is 5.40. The molecule has 0 fully saturated rings. The summed E-state index contributed by atoms with van der Waals surface area (Å²) in [6.07, 6.45) is 0. The summed E-state index contributed by atoms with van der Waals surface area (Å²) in [4.78, 5) is 38.8. The highest BCUT2D eigenvalue weighted by Crippen LogP contribution is 2.28. The molecule has 0 saturated heterocycles. The Hall–Kier alpha value is -4.10. The highest BCUT2D eigenvalue weighted by atomic mass is 35.5. The maximum Gasteiger partial charge on any atom is 0.343 e. The molecule has 8 heteroatoms. The van der Waals surface area contributed by atoms with Gasteiger partial charge in [0.2, 0.25) is 0 Å². The number of nitrogens with zero attached hydrogens (tertiary/aromatic N) is 1. The number of carbonyl (C=O) groups is 3. The van der Waals surface area contributed by atoms with E-state index in [4.69, 9.17) is 22.1 Å². The van der Waals surface area contributed by atoms with E-state index in [1.54, 1.807) is 30.3 Å². The van der Waals surface area contributed by atoms with Crippen LogP contribution in [0.4, 0.5) is 11.4 Å². The molecule has 7 nitrogen and oxygen atoms in total. The molecule has 3 N–H and O–H groups in total. The van der Waals surface area contributed by atoms with Crippen molar-refractivity contribution < 1.29 is 19.1 Å². The highest BCUT2D eigenvalue weighted by Gasteiger charge is 2.37. The number of aryl methyl sites for hydroxylation is 1. The minimum Gasteiger partial charge on any atom is -0.421 e. The fraction of sp³-hybridized carbons (Fsp3) is 0.0800. The number of hydrogen-bond donors (Lipinski definition) is 2. The van der Waals surface area contributed by atoms with E-state index in [-0.39, 0.29) is 23.0 Å². The Labute approximate surface area is 195 Å². The first-order valence-corrected chi connectivity index (χ1v) is 10.5. The van der Waals surface area contributed by atoms with Crippen molar-refractivity contribution in [3.8, 4) is 5.75 Å². The summed E-state index contributed by atoms with van der Waals surface area (Å²) in [5, 5.41) is 2.70. The van der Waals surface area contributed by atoms with E-state index in [0.29, 0.717) is 16.9 Å². The number of halogens is 1. The largest absolute Gasteiger partial charge is 0.421 e. The number of rotatable bonds is 6. The zero-order valence-electron chi connectivity index (χ0n) is 17.7. The Morgan fingerprint density at radius 3 is 2.36 bits per heavy atom. The normalized spacial score (nSPS) is 13.5. The number of ether oxygens (including phenoxy) is 1. The summed E-state index contributed by atoms with van der Waals surface area (Å²) in [6.45, 7) is 2.01. The molecule has 0 saturated carbocycles. The fourth-order valence-electron chi connectivity index (χ4n) is 3.32. The van der Waals surface area contributed by atoms with Crippen LogP contribution in [0.2, 0.25) is 0 Å². The molecule has 0 radical (unpaired) electrons. The quantitative estimate of drug-likeness (QED) is 0.246. The topological polar surface area (TPSA) is 102 Å². The summed E-state index contributed by atoms with van der Waals surface area (Å²) in [6, 6.07) is 20.5. The summed E-state index contributed by atoms with van der Waals surface area (Å²) >= 11 is 6.15. The summed E-state index contributed by atoms with van der Waals surface area (Å²) in [7, 11) is 0. The predicted octanol–water partition coefficient (Wildman–Crippen LogP) is 4.23.